The summed E-state index contributed by atoms with van der Waals surface area (Å²) in [7, 11) is 0. The zero-order chi connectivity index (χ0) is 16.5. The monoisotopic (exact) mass is 338 g/mol. The minimum atomic E-state index is -0.135. The van der Waals surface area contributed by atoms with Gasteiger partial charge in [-0.15, -0.1) is 0 Å². The van der Waals surface area contributed by atoms with Gasteiger partial charge in [0.25, 0.3) is 11.8 Å². The predicted molar refractivity (Wildman–Crippen MR) is 94.6 cm³/mol. The molecule has 2 N–H and O–H groups in total. The van der Waals surface area contributed by atoms with Crippen molar-refractivity contribution in [1.82, 2.24) is 5.32 Å². The van der Waals surface area contributed by atoms with E-state index in [0.29, 0.717) is 22.7 Å². The molecule has 4 rings (SSSR count). The van der Waals surface area contributed by atoms with Crippen LogP contribution in [0.3, 0.4) is 0 Å². The molecule has 0 bridgehead atoms. The summed E-state index contributed by atoms with van der Waals surface area (Å²) in [6.45, 7) is 0.739. The molecule has 24 heavy (non-hydrogen) atoms. The van der Waals surface area contributed by atoms with Crippen LogP contribution in [0.1, 0.15) is 40.0 Å². The molecule has 2 aromatic rings. The second kappa shape index (κ2) is 6.32. The third-order valence-electron chi connectivity index (χ3n) is 4.62. The van der Waals surface area contributed by atoms with Gasteiger partial charge in [-0.2, -0.15) is 0 Å². The van der Waals surface area contributed by atoms with Crippen LogP contribution in [0.25, 0.3) is 0 Å². The Morgan fingerprint density at radius 3 is 2.79 bits per heavy atom. The molecule has 2 aromatic carbocycles. The van der Waals surface area contributed by atoms with Crippen molar-refractivity contribution >= 4 is 29.3 Å². The molecule has 1 aliphatic carbocycles. The molecular weight excluding hydrogens is 320 g/mol. The first kappa shape index (κ1) is 15.3. The Morgan fingerprint density at radius 1 is 1.17 bits per heavy atom. The summed E-state index contributed by atoms with van der Waals surface area (Å²) in [5.74, 6) is 0.411. The lowest BCUT2D eigenvalue weighted by molar-refractivity contribution is 0.0938. The van der Waals surface area contributed by atoms with Crippen LogP contribution in [0.4, 0.5) is 5.69 Å². The molecule has 2 aliphatic rings. The van der Waals surface area contributed by atoms with Crippen LogP contribution in [0, 0.1) is 5.92 Å². The Hall–Kier alpha value is -2.27. The molecular formula is C19H18N2O2S. The van der Waals surface area contributed by atoms with Gasteiger partial charge in [0.15, 0.2) is 0 Å². The quantitative estimate of drug-likeness (QED) is 0.891. The number of amides is 2. The summed E-state index contributed by atoms with van der Waals surface area (Å²) in [5, 5.41) is 5.91. The van der Waals surface area contributed by atoms with Crippen LogP contribution in [-0.4, -0.2) is 18.4 Å². The zero-order valence-electron chi connectivity index (χ0n) is 13.2. The lowest BCUT2D eigenvalue weighted by atomic mass is 9.85. The molecule has 0 spiro atoms. The van der Waals surface area contributed by atoms with Crippen LogP contribution in [0.2, 0.25) is 0 Å². The normalized spacial score (nSPS) is 16.2. The zero-order valence-corrected chi connectivity index (χ0v) is 14.0. The minimum Gasteiger partial charge on any atom is -0.352 e. The van der Waals surface area contributed by atoms with Crippen molar-refractivity contribution in [3.05, 3.63) is 53.6 Å². The number of benzene rings is 2. The second-order valence-corrected chi connectivity index (χ2v) is 7.35. The number of hydrogen-bond donors (Lipinski definition) is 2. The Labute approximate surface area is 145 Å². The fourth-order valence-electron chi connectivity index (χ4n) is 2.95. The molecule has 122 valence electrons. The highest BCUT2D eigenvalue weighted by molar-refractivity contribution is 7.99. The van der Waals surface area contributed by atoms with Crippen molar-refractivity contribution < 1.29 is 9.59 Å². The number of fused-ring (bicyclic) bond motifs is 2. The molecule has 0 radical (unpaired) electrons. The van der Waals surface area contributed by atoms with E-state index in [-0.39, 0.29) is 11.8 Å². The number of carbonyl (C=O) groups excluding carboxylic acids is 2. The number of rotatable bonds is 3. The van der Waals surface area contributed by atoms with Gasteiger partial charge in [0.2, 0.25) is 0 Å². The van der Waals surface area contributed by atoms with Crippen molar-refractivity contribution in [2.24, 2.45) is 5.92 Å². The van der Waals surface area contributed by atoms with Crippen molar-refractivity contribution in [2.75, 3.05) is 11.9 Å². The first-order chi connectivity index (χ1) is 11.7. The lowest BCUT2D eigenvalue weighted by Crippen LogP contribution is -2.32. The van der Waals surface area contributed by atoms with Gasteiger partial charge in [0.1, 0.15) is 0 Å². The SMILES string of the molecule is O=C(NCC1CCC1)c1ccc2c(c1)NC(=O)c1ccccc1S2. The highest BCUT2D eigenvalue weighted by Crippen LogP contribution is 2.39. The highest BCUT2D eigenvalue weighted by Gasteiger charge is 2.21. The largest absolute Gasteiger partial charge is 0.352 e. The van der Waals surface area contributed by atoms with E-state index < -0.39 is 0 Å². The van der Waals surface area contributed by atoms with Gasteiger partial charge in [-0.3, -0.25) is 9.59 Å². The van der Waals surface area contributed by atoms with Crippen LogP contribution in [0.15, 0.2) is 52.3 Å². The number of hydrogen-bond acceptors (Lipinski definition) is 3. The molecule has 2 amide bonds. The number of anilines is 1. The van der Waals surface area contributed by atoms with Gasteiger partial charge in [-0.1, -0.05) is 30.3 Å². The molecule has 0 atom stereocenters. The molecule has 0 unspecified atom stereocenters. The standard InChI is InChI=1S/C19H18N2O2S/c22-18(20-11-12-4-3-5-12)13-8-9-17-15(10-13)21-19(23)14-6-1-2-7-16(14)24-17/h1-2,6-10,12H,3-5,11H2,(H,20,22)(H,21,23). The van der Waals surface area contributed by atoms with Crippen molar-refractivity contribution in [2.45, 2.75) is 29.1 Å². The van der Waals surface area contributed by atoms with Crippen molar-refractivity contribution in [3.63, 3.8) is 0 Å². The van der Waals surface area contributed by atoms with E-state index in [4.69, 9.17) is 0 Å². The molecule has 4 nitrogen and oxygen atoms in total. The average Bonchev–Trinajstić information content (AvgIpc) is 2.68. The fraction of sp³-hybridized carbons (Fsp3) is 0.263. The Morgan fingerprint density at radius 2 is 2.00 bits per heavy atom. The Kier molecular flexibility index (Phi) is 4.02. The summed E-state index contributed by atoms with van der Waals surface area (Å²) in [5.41, 5.74) is 1.94. The highest BCUT2D eigenvalue weighted by atomic mass is 32.2. The smallest absolute Gasteiger partial charge is 0.256 e. The van der Waals surface area contributed by atoms with Gasteiger partial charge >= 0.3 is 0 Å². The van der Waals surface area contributed by atoms with Crippen molar-refractivity contribution in [3.8, 4) is 0 Å². The fourth-order valence-corrected chi connectivity index (χ4v) is 3.96. The summed E-state index contributed by atoms with van der Waals surface area (Å²) in [6.07, 6.45) is 3.67. The van der Waals surface area contributed by atoms with E-state index in [2.05, 4.69) is 10.6 Å². The molecule has 1 heterocycles. The average molecular weight is 338 g/mol. The van der Waals surface area contributed by atoms with Gasteiger partial charge in [-0.25, -0.2) is 0 Å². The molecule has 1 fully saturated rings. The second-order valence-electron chi connectivity index (χ2n) is 6.27. The van der Waals surface area contributed by atoms with Crippen LogP contribution >= 0.6 is 11.8 Å². The van der Waals surface area contributed by atoms with Gasteiger partial charge in [0.05, 0.1) is 11.3 Å². The lowest BCUT2D eigenvalue weighted by Gasteiger charge is -2.25. The molecule has 0 saturated heterocycles. The third kappa shape index (κ3) is 2.91. The number of carbonyl (C=O) groups is 2. The summed E-state index contributed by atoms with van der Waals surface area (Å²) in [6, 6.07) is 13.0. The topological polar surface area (TPSA) is 58.2 Å². The molecule has 1 aliphatic heterocycles. The molecule has 5 heteroatoms. The summed E-state index contributed by atoms with van der Waals surface area (Å²) in [4.78, 5) is 26.6. The summed E-state index contributed by atoms with van der Waals surface area (Å²) < 4.78 is 0. The van der Waals surface area contributed by atoms with Crippen LogP contribution in [-0.2, 0) is 0 Å². The third-order valence-corrected chi connectivity index (χ3v) is 5.77. The molecule has 0 aromatic heterocycles. The van der Waals surface area contributed by atoms with Gasteiger partial charge in [-0.05, 0) is 49.1 Å². The first-order valence-electron chi connectivity index (χ1n) is 8.21. The van der Waals surface area contributed by atoms with E-state index in [9.17, 15) is 9.59 Å². The van der Waals surface area contributed by atoms with Crippen LogP contribution < -0.4 is 10.6 Å². The Bertz CT molecular complexity index is 815. The van der Waals surface area contributed by atoms with Gasteiger partial charge in [0, 0.05) is 21.9 Å². The minimum absolute atomic E-state index is 0.0780. The van der Waals surface area contributed by atoms with E-state index in [1.54, 1.807) is 17.8 Å². The maximum Gasteiger partial charge on any atom is 0.256 e. The predicted octanol–water partition coefficient (Wildman–Crippen LogP) is 3.93. The first-order valence-corrected chi connectivity index (χ1v) is 9.03. The van der Waals surface area contributed by atoms with E-state index in [0.717, 1.165) is 16.3 Å². The number of nitrogens with one attached hydrogen (secondary N) is 2. The summed E-state index contributed by atoms with van der Waals surface area (Å²) >= 11 is 1.54. The van der Waals surface area contributed by atoms with Gasteiger partial charge < -0.3 is 10.6 Å². The van der Waals surface area contributed by atoms with E-state index >= 15 is 0 Å². The van der Waals surface area contributed by atoms with E-state index in [1.165, 1.54) is 19.3 Å². The maximum atomic E-state index is 12.4. The maximum absolute atomic E-state index is 12.4. The Balaban J connectivity index is 1.56. The van der Waals surface area contributed by atoms with E-state index in [1.807, 2.05) is 36.4 Å². The van der Waals surface area contributed by atoms with Crippen molar-refractivity contribution in [1.29, 1.82) is 0 Å². The van der Waals surface area contributed by atoms with Crippen LogP contribution in [0.5, 0.6) is 0 Å². The molecule has 1 saturated carbocycles.